The molecule has 0 aliphatic rings. The molecule has 20 heavy (non-hydrogen) atoms. The highest BCUT2D eigenvalue weighted by Crippen LogP contribution is 2.18. The SMILES string of the molecule is CCOC(=O)Cc1cnc(N/N=C/c2ccccc2)s1. The first-order valence-corrected chi connectivity index (χ1v) is 7.04. The first-order chi connectivity index (χ1) is 9.78. The first kappa shape index (κ1) is 14.2. The van der Waals surface area contributed by atoms with Gasteiger partial charge >= 0.3 is 5.97 Å². The second-order valence-corrected chi connectivity index (χ2v) is 5.01. The van der Waals surface area contributed by atoms with Crippen molar-refractivity contribution >= 4 is 28.7 Å². The van der Waals surface area contributed by atoms with Gasteiger partial charge in [-0.05, 0) is 12.5 Å². The van der Waals surface area contributed by atoms with Crippen LogP contribution in [0.15, 0.2) is 41.6 Å². The molecule has 5 nitrogen and oxygen atoms in total. The summed E-state index contributed by atoms with van der Waals surface area (Å²) in [6.07, 6.45) is 3.62. The summed E-state index contributed by atoms with van der Waals surface area (Å²) in [6.45, 7) is 2.18. The maximum Gasteiger partial charge on any atom is 0.311 e. The van der Waals surface area contributed by atoms with Crippen LogP contribution in [-0.4, -0.2) is 23.8 Å². The standard InChI is InChI=1S/C14H15N3O2S/c1-2-19-13(18)8-12-10-15-14(20-12)17-16-9-11-6-4-3-5-7-11/h3-7,9-10H,2,8H2,1H3,(H,15,17)/b16-9+. The fourth-order valence-corrected chi connectivity index (χ4v) is 2.24. The van der Waals surface area contributed by atoms with Crippen molar-refractivity contribution in [3.05, 3.63) is 47.0 Å². The Morgan fingerprint density at radius 2 is 2.25 bits per heavy atom. The molecular weight excluding hydrogens is 274 g/mol. The summed E-state index contributed by atoms with van der Waals surface area (Å²) in [5, 5.41) is 4.75. The van der Waals surface area contributed by atoms with E-state index < -0.39 is 0 Å². The third kappa shape index (κ3) is 4.47. The second kappa shape index (κ2) is 7.40. The number of benzene rings is 1. The average Bonchev–Trinajstić information content (AvgIpc) is 2.88. The normalized spacial score (nSPS) is 10.7. The van der Waals surface area contributed by atoms with Gasteiger partial charge in [-0.25, -0.2) is 4.98 Å². The van der Waals surface area contributed by atoms with Gasteiger partial charge in [0.05, 0.1) is 19.2 Å². The van der Waals surface area contributed by atoms with Gasteiger partial charge in [-0.1, -0.05) is 41.7 Å². The summed E-state index contributed by atoms with van der Waals surface area (Å²) >= 11 is 1.39. The molecule has 0 fully saturated rings. The van der Waals surface area contributed by atoms with Crippen molar-refractivity contribution in [1.82, 2.24) is 4.98 Å². The van der Waals surface area contributed by atoms with Crippen molar-refractivity contribution in [2.75, 3.05) is 12.0 Å². The minimum absolute atomic E-state index is 0.240. The summed E-state index contributed by atoms with van der Waals surface area (Å²) in [5.41, 5.74) is 3.85. The number of hydrogen-bond acceptors (Lipinski definition) is 6. The lowest BCUT2D eigenvalue weighted by atomic mass is 10.2. The number of nitrogens with zero attached hydrogens (tertiary/aromatic N) is 2. The molecule has 1 aromatic carbocycles. The number of ether oxygens (including phenoxy) is 1. The molecule has 1 heterocycles. The van der Waals surface area contributed by atoms with Gasteiger partial charge in [0, 0.05) is 11.1 Å². The summed E-state index contributed by atoms with van der Waals surface area (Å²) in [5.74, 6) is -0.240. The van der Waals surface area contributed by atoms with Gasteiger partial charge in [0.25, 0.3) is 0 Å². The smallest absolute Gasteiger partial charge is 0.311 e. The van der Waals surface area contributed by atoms with E-state index in [-0.39, 0.29) is 12.4 Å². The Balaban J connectivity index is 1.87. The maximum absolute atomic E-state index is 11.3. The maximum atomic E-state index is 11.3. The summed E-state index contributed by atoms with van der Waals surface area (Å²) in [7, 11) is 0. The fourth-order valence-electron chi connectivity index (χ4n) is 1.50. The summed E-state index contributed by atoms with van der Waals surface area (Å²) < 4.78 is 4.88. The topological polar surface area (TPSA) is 63.6 Å². The summed E-state index contributed by atoms with van der Waals surface area (Å²) in [6, 6.07) is 9.76. The molecule has 0 spiro atoms. The largest absolute Gasteiger partial charge is 0.466 e. The van der Waals surface area contributed by atoms with Crippen molar-refractivity contribution in [3.8, 4) is 0 Å². The number of nitrogens with one attached hydrogen (secondary N) is 1. The van der Waals surface area contributed by atoms with Crippen LogP contribution in [0.3, 0.4) is 0 Å². The van der Waals surface area contributed by atoms with Crippen LogP contribution in [0.2, 0.25) is 0 Å². The van der Waals surface area contributed by atoms with Gasteiger partial charge in [-0.2, -0.15) is 5.10 Å². The molecule has 0 unspecified atom stereocenters. The molecule has 0 bridgehead atoms. The van der Waals surface area contributed by atoms with Gasteiger partial charge in [0.15, 0.2) is 0 Å². The lowest BCUT2D eigenvalue weighted by Gasteiger charge is -1.97. The van der Waals surface area contributed by atoms with Gasteiger partial charge in [0.1, 0.15) is 0 Å². The molecule has 0 aliphatic carbocycles. The van der Waals surface area contributed by atoms with Crippen molar-refractivity contribution < 1.29 is 9.53 Å². The van der Waals surface area contributed by atoms with Crippen LogP contribution in [-0.2, 0) is 16.0 Å². The van der Waals surface area contributed by atoms with E-state index in [0.29, 0.717) is 11.7 Å². The molecule has 104 valence electrons. The highest BCUT2D eigenvalue weighted by molar-refractivity contribution is 7.15. The molecule has 2 aromatic rings. The van der Waals surface area contributed by atoms with Gasteiger partial charge in [-0.3, -0.25) is 10.2 Å². The van der Waals surface area contributed by atoms with Crippen LogP contribution in [0.25, 0.3) is 0 Å². The third-order valence-electron chi connectivity index (χ3n) is 2.35. The molecular formula is C14H15N3O2S. The second-order valence-electron chi connectivity index (χ2n) is 3.89. The van der Waals surface area contributed by atoms with E-state index in [1.54, 1.807) is 19.3 Å². The Morgan fingerprint density at radius 1 is 1.45 bits per heavy atom. The molecule has 1 aromatic heterocycles. The van der Waals surface area contributed by atoms with Crippen molar-refractivity contribution in [1.29, 1.82) is 0 Å². The van der Waals surface area contributed by atoms with E-state index in [1.807, 2.05) is 30.3 Å². The van der Waals surface area contributed by atoms with Crippen LogP contribution in [0.4, 0.5) is 5.13 Å². The third-order valence-corrected chi connectivity index (χ3v) is 3.25. The lowest BCUT2D eigenvalue weighted by Crippen LogP contribution is -2.06. The number of anilines is 1. The predicted octanol–water partition coefficient (Wildman–Crippen LogP) is 2.69. The van der Waals surface area contributed by atoms with E-state index in [4.69, 9.17) is 4.74 Å². The van der Waals surface area contributed by atoms with Crippen LogP contribution < -0.4 is 5.43 Å². The number of rotatable bonds is 6. The van der Waals surface area contributed by atoms with Crippen molar-refractivity contribution in [3.63, 3.8) is 0 Å². The number of aromatic nitrogens is 1. The van der Waals surface area contributed by atoms with Crippen LogP contribution in [0.1, 0.15) is 17.4 Å². The van der Waals surface area contributed by atoms with Gasteiger partial charge in [-0.15, -0.1) is 0 Å². The minimum atomic E-state index is -0.240. The van der Waals surface area contributed by atoms with Crippen LogP contribution >= 0.6 is 11.3 Å². The molecule has 0 amide bonds. The van der Waals surface area contributed by atoms with Crippen LogP contribution in [0, 0.1) is 0 Å². The van der Waals surface area contributed by atoms with Crippen LogP contribution in [0.5, 0.6) is 0 Å². The highest BCUT2D eigenvalue weighted by atomic mass is 32.1. The molecule has 1 N–H and O–H groups in total. The Kier molecular flexibility index (Phi) is 5.25. The van der Waals surface area contributed by atoms with Crippen molar-refractivity contribution in [2.45, 2.75) is 13.3 Å². The Morgan fingerprint density at radius 3 is 3.00 bits per heavy atom. The zero-order valence-electron chi connectivity index (χ0n) is 11.1. The fraction of sp³-hybridized carbons (Fsp3) is 0.214. The molecule has 6 heteroatoms. The van der Waals surface area contributed by atoms with E-state index in [9.17, 15) is 4.79 Å². The lowest BCUT2D eigenvalue weighted by molar-refractivity contribution is -0.142. The predicted molar refractivity (Wildman–Crippen MR) is 80.1 cm³/mol. The van der Waals surface area contributed by atoms with E-state index >= 15 is 0 Å². The summed E-state index contributed by atoms with van der Waals surface area (Å²) in [4.78, 5) is 16.3. The number of thiazole rings is 1. The van der Waals surface area contributed by atoms with E-state index in [0.717, 1.165) is 10.4 Å². The Hall–Kier alpha value is -2.21. The molecule has 2 rings (SSSR count). The molecule has 0 aliphatic heterocycles. The highest BCUT2D eigenvalue weighted by Gasteiger charge is 2.07. The average molecular weight is 289 g/mol. The van der Waals surface area contributed by atoms with E-state index in [2.05, 4.69) is 15.5 Å². The monoisotopic (exact) mass is 289 g/mol. The first-order valence-electron chi connectivity index (χ1n) is 6.22. The molecule has 0 saturated heterocycles. The zero-order chi connectivity index (χ0) is 14.2. The molecule has 0 radical (unpaired) electrons. The quantitative estimate of drug-likeness (QED) is 0.504. The molecule has 0 atom stereocenters. The Bertz CT molecular complexity index is 581. The minimum Gasteiger partial charge on any atom is -0.466 e. The van der Waals surface area contributed by atoms with Gasteiger partial charge in [0.2, 0.25) is 5.13 Å². The number of hydrazone groups is 1. The van der Waals surface area contributed by atoms with Crippen molar-refractivity contribution in [2.24, 2.45) is 5.10 Å². The number of carbonyl (C=O) groups is 1. The van der Waals surface area contributed by atoms with Gasteiger partial charge < -0.3 is 4.74 Å². The molecule has 0 saturated carbocycles. The number of esters is 1. The zero-order valence-corrected chi connectivity index (χ0v) is 11.9. The number of carbonyl (C=O) groups excluding carboxylic acids is 1. The number of hydrogen-bond donors (Lipinski definition) is 1. The van der Waals surface area contributed by atoms with E-state index in [1.165, 1.54) is 11.3 Å². The Labute approximate surface area is 121 Å².